The number of Topliss-reactive ketones (excluding diaryl/α,β-unsaturated/α-hetero) is 1. The van der Waals surface area contributed by atoms with Crippen LogP contribution in [0.25, 0.3) is 0 Å². The van der Waals surface area contributed by atoms with E-state index in [1.807, 2.05) is 0 Å². The van der Waals surface area contributed by atoms with Gasteiger partial charge in [-0.15, -0.1) is 0 Å². The standard InChI is InChI=1S/C25H29F3N2O3S/c1-30-10-8-17(9-11-30)29-22-19-13-16(23(31)20(19)14-21(32-2)24(22)33-3)12-15-4-6-18(7-5-15)34-25(26,27)28/h4-7,14,16-17,29H,8-13H2,1-3H3. The highest BCUT2D eigenvalue weighted by atomic mass is 32.2. The number of hydrogen-bond acceptors (Lipinski definition) is 6. The third-order valence-electron chi connectivity index (χ3n) is 6.57. The molecule has 1 fully saturated rings. The Labute approximate surface area is 202 Å². The van der Waals surface area contributed by atoms with Crippen LogP contribution in [0, 0.1) is 5.92 Å². The molecule has 5 nitrogen and oxygen atoms in total. The van der Waals surface area contributed by atoms with Crippen LogP contribution in [0.4, 0.5) is 18.9 Å². The third kappa shape index (κ3) is 5.46. The number of piperidine rings is 1. The number of carbonyl (C=O) groups excluding carboxylic acids is 1. The number of benzene rings is 2. The molecule has 0 bridgehead atoms. The quantitative estimate of drug-likeness (QED) is 0.519. The molecule has 0 spiro atoms. The van der Waals surface area contributed by atoms with Crippen molar-refractivity contribution >= 4 is 23.2 Å². The first-order chi connectivity index (χ1) is 16.2. The van der Waals surface area contributed by atoms with Crippen molar-refractivity contribution < 1.29 is 27.4 Å². The molecule has 2 aromatic rings. The van der Waals surface area contributed by atoms with Crippen LogP contribution < -0.4 is 14.8 Å². The van der Waals surface area contributed by atoms with Crippen LogP contribution >= 0.6 is 11.8 Å². The first-order valence-corrected chi connectivity index (χ1v) is 12.1. The summed E-state index contributed by atoms with van der Waals surface area (Å²) in [6.45, 7) is 1.99. The fraction of sp³-hybridized carbons (Fsp3) is 0.480. The zero-order valence-corrected chi connectivity index (χ0v) is 20.3. The van der Waals surface area contributed by atoms with Gasteiger partial charge in [-0.1, -0.05) is 12.1 Å². The normalized spacial score (nSPS) is 19.2. The Hall–Kier alpha value is -2.39. The van der Waals surface area contributed by atoms with Gasteiger partial charge < -0.3 is 19.7 Å². The summed E-state index contributed by atoms with van der Waals surface area (Å²) in [5, 5.41) is 3.64. The lowest BCUT2D eigenvalue weighted by molar-refractivity contribution is -0.0328. The monoisotopic (exact) mass is 494 g/mol. The average Bonchev–Trinajstić information content (AvgIpc) is 3.10. The highest BCUT2D eigenvalue weighted by Gasteiger charge is 2.36. The molecule has 1 aliphatic heterocycles. The van der Waals surface area contributed by atoms with Gasteiger partial charge in [-0.25, -0.2) is 0 Å². The maximum Gasteiger partial charge on any atom is 0.446 e. The maximum absolute atomic E-state index is 13.3. The number of nitrogens with zero attached hydrogens (tertiary/aromatic N) is 1. The molecule has 4 rings (SSSR count). The fourth-order valence-electron chi connectivity index (χ4n) is 4.81. The predicted molar refractivity (Wildman–Crippen MR) is 127 cm³/mol. The zero-order valence-electron chi connectivity index (χ0n) is 19.5. The van der Waals surface area contributed by atoms with Crippen LogP contribution in [0.5, 0.6) is 11.5 Å². The molecule has 1 saturated heterocycles. The molecule has 1 heterocycles. The number of carbonyl (C=O) groups is 1. The topological polar surface area (TPSA) is 50.8 Å². The van der Waals surface area contributed by atoms with Gasteiger partial charge in [0.1, 0.15) is 0 Å². The first kappa shape index (κ1) is 24.7. The van der Waals surface area contributed by atoms with Crippen molar-refractivity contribution in [1.82, 2.24) is 4.90 Å². The Morgan fingerprint density at radius 3 is 2.38 bits per heavy atom. The number of ether oxygens (including phenoxy) is 2. The van der Waals surface area contributed by atoms with Crippen LogP contribution in [-0.4, -0.2) is 56.6 Å². The lowest BCUT2D eigenvalue weighted by atomic mass is 9.96. The van der Waals surface area contributed by atoms with Gasteiger partial charge in [-0.2, -0.15) is 13.2 Å². The molecule has 2 aliphatic rings. The second-order valence-corrected chi connectivity index (χ2v) is 10.0. The second kappa shape index (κ2) is 10.1. The molecule has 0 radical (unpaired) electrons. The number of alkyl halides is 3. The van der Waals surface area contributed by atoms with Gasteiger partial charge >= 0.3 is 5.51 Å². The van der Waals surface area contributed by atoms with Crippen molar-refractivity contribution in [2.24, 2.45) is 5.92 Å². The minimum atomic E-state index is -4.32. The van der Waals surface area contributed by atoms with E-state index in [9.17, 15) is 18.0 Å². The number of hydrogen-bond donors (Lipinski definition) is 1. The van der Waals surface area contributed by atoms with E-state index in [1.165, 1.54) is 12.1 Å². The summed E-state index contributed by atoms with van der Waals surface area (Å²) < 4.78 is 49.1. The van der Waals surface area contributed by atoms with Crippen molar-refractivity contribution in [1.29, 1.82) is 0 Å². The summed E-state index contributed by atoms with van der Waals surface area (Å²) in [4.78, 5) is 15.8. The molecular formula is C25H29F3N2O3S. The second-order valence-electron chi connectivity index (χ2n) is 8.90. The van der Waals surface area contributed by atoms with E-state index in [0.717, 1.165) is 42.7 Å². The number of ketones is 1. The summed E-state index contributed by atoms with van der Waals surface area (Å²) in [6.07, 6.45) is 2.99. The van der Waals surface area contributed by atoms with Gasteiger partial charge in [0, 0.05) is 22.4 Å². The van der Waals surface area contributed by atoms with Gasteiger partial charge in [0.2, 0.25) is 0 Å². The molecule has 0 saturated carbocycles. The van der Waals surface area contributed by atoms with Crippen LogP contribution in [0.3, 0.4) is 0 Å². The van der Waals surface area contributed by atoms with Crippen molar-refractivity contribution in [3.63, 3.8) is 0 Å². The van der Waals surface area contributed by atoms with Crippen molar-refractivity contribution in [2.45, 2.75) is 42.1 Å². The molecule has 1 aliphatic carbocycles. The molecule has 1 atom stereocenters. The lowest BCUT2D eigenvalue weighted by Crippen LogP contribution is -2.37. The van der Waals surface area contributed by atoms with Crippen LogP contribution in [0.15, 0.2) is 35.2 Å². The molecule has 34 heavy (non-hydrogen) atoms. The largest absolute Gasteiger partial charge is 0.493 e. The van der Waals surface area contributed by atoms with Gasteiger partial charge in [0.15, 0.2) is 17.3 Å². The highest BCUT2D eigenvalue weighted by Crippen LogP contribution is 2.46. The van der Waals surface area contributed by atoms with Crippen molar-refractivity contribution in [2.75, 3.05) is 39.7 Å². The number of rotatable bonds is 7. The number of anilines is 1. The van der Waals surface area contributed by atoms with Crippen molar-refractivity contribution in [3.05, 3.63) is 47.0 Å². The summed E-state index contributed by atoms with van der Waals surface area (Å²) in [5.74, 6) is 0.850. The molecular weight excluding hydrogens is 465 g/mol. The first-order valence-electron chi connectivity index (χ1n) is 11.3. The SMILES string of the molecule is COc1cc2c(c(NC3CCN(C)CC3)c1OC)CC(Cc1ccc(SC(F)(F)F)cc1)C2=O. The Morgan fingerprint density at radius 1 is 1.12 bits per heavy atom. The Balaban J connectivity index is 1.57. The third-order valence-corrected chi connectivity index (χ3v) is 7.31. The van der Waals surface area contributed by atoms with E-state index in [-0.39, 0.29) is 34.4 Å². The fourth-order valence-corrected chi connectivity index (χ4v) is 5.35. The molecule has 9 heteroatoms. The van der Waals surface area contributed by atoms with E-state index in [1.54, 1.807) is 32.4 Å². The molecule has 184 valence electrons. The van der Waals surface area contributed by atoms with E-state index in [0.29, 0.717) is 29.9 Å². The van der Waals surface area contributed by atoms with Crippen LogP contribution in [0.1, 0.15) is 34.3 Å². The van der Waals surface area contributed by atoms with E-state index >= 15 is 0 Å². The van der Waals surface area contributed by atoms with Gasteiger partial charge in [-0.3, -0.25) is 4.79 Å². The smallest absolute Gasteiger partial charge is 0.446 e. The number of nitrogens with one attached hydrogen (secondary N) is 1. The average molecular weight is 495 g/mol. The minimum Gasteiger partial charge on any atom is -0.493 e. The van der Waals surface area contributed by atoms with E-state index in [4.69, 9.17) is 9.47 Å². The minimum absolute atomic E-state index is 0.0242. The van der Waals surface area contributed by atoms with Crippen LogP contribution in [-0.2, 0) is 12.8 Å². The lowest BCUT2D eigenvalue weighted by Gasteiger charge is -2.31. The van der Waals surface area contributed by atoms with Crippen LogP contribution in [0.2, 0.25) is 0 Å². The number of thioether (sulfide) groups is 1. The summed E-state index contributed by atoms with van der Waals surface area (Å²) in [5.41, 5.74) is -1.11. The van der Waals surface area contributed by atoms with E-state index in [2.05, 4.69) is 17.3 Å². The van der Waals surface area contributed by atoms with Crippen molar-refractivity contribution in [3.8, 4) is 11.5 Å². The molecule has 1 unspecified atom stereocenters. The highest BCUT2D eigenvalue weighted by molar-refractivity contribution is 8.00. The molecule has 1 N–H and O–H groups in total. The zero-order chi connectivity index (χ0) is 24.5. The summed E-state index contributed by atoms with van der Waals surface area (Å²) in [6, 6.07) is 8.28. The molecule has 0 aromatic heterocycles. The number of halogens is 3. The Kier molecular flexibility index (Phi) is 7.33. The summed E-state index contributed by atoms with van der Waals surface area (Å²) in [7, 11) is 5.26. The van der Waals surface area contributed by atoms with Gasteiger partial charge in [0.05, 0.1) is 19.9 Å². The maximum atomic E-state index is 13.3. The molecule has 0 amide bonds. The van der Waals surface area contributed by atoms with E-state index < -0.39 is 5.51 Å². The Bertz CT molecular complexity index is 1040. The number of fused-ring (bicyclic) bond motifs is 1. The summed E-state index contributed by atoms with van der Waals surface area (Å²) >= 11 is -0.137. The Morgan fingerprint density at radius 2 is 1.79 bits per heavy atom. The van der Waals surface area contributed by atoms with Gasteiger partial charge in [-0.05, 0) is 86.9 Å². The number of likely N-dealkylation sites (tertiary alicyclic amines) is 1. The predicted octanol–water partition coefficient (Wildman–Crippen LogP) is 5.42. The number of methoxy groups -OCH3 is 2. The van der Waals surface area contributed by atoms with Gasteiger partial charge in [0.25, 0.3) is 0 Å². The molecule has 2 aromatic carbocycles.